The summed E-state index contributed by atoms with van der Waals surface area (Å²) in [6, 6.07) is 2.38. The molecule has 2 aromatic rings. The van der Waals surface area contributed by atoms with Crippen LogP contribution in [0.5, 0.6) is 5.88 Å². The fourth-order valence-corrected chi connectivity index (χ4v) is 3.36. The van der Waals surface area contributed by atoms with Crippen molar-refractivity contribution in [2.24, 2.45) is 0 Å². The minimum absolute atomic E-state index is 0.0213. The summed E-state index contributed by atoms with van der Waals surface area (Å²) < 4.78 is 64.7. The molecule has 1 aromatic carbocycles. The molecule has 1 heterocycles. The number of aromatic nitrogens is 1. The van der Waals surface area contributed by atoms with Gasteiger partial charge in [-0.25, -0.2) is 27.0 Å². The summed E-state index contributed by atoms with van der Waals surface area (Å²) in [6.07, 6.45) is 1.52. The summed E-state index contributed by atoms with van der Waals surface area (Å²) in [6.45, 7) is 3.76. The number of rotatable bonds is 6. The van der Waals surface area contributed by atoms with E-state index in [0.29, 0.717) is 17.7 Å². The number of carbonyl (C=O) groups is 1. The lowest BCUT2D eigenvalue weighted by atomic mass is 10.1. The largest absolute Gasteiger partial charge is 0.480 e. The van der Waals surface area contributed by atoms with E-state index in [1.165, 1.54) is 19.4 Å². The van der Waals surface area contributed by atoms with E-state index in [4.69, 9.17) is 4.74 Å². The number of hydrogen-bond donors (Lipinski definition) is 1. The number of sulfonamides is 1. The van der Waals surface area contributed by atoms with E-state index in [0.717, 1.165) is 7.11 Å². The predicted octanol–water partition coefficient (Wildman–Crippen LogP) is 3.08. The number of esters is 1. The van der Waals surface area contributed by atoms with Crippen molar-refractivity contribution in [2.75, 3.05) is 18.9 Å². The maximum atomic E-state index is 14.1. The van der Waals surface area contributed by atoms with Gasteiger partial charge in [-0.1, -0.05) is 13.8 Å². The number of halogens is 2. The average Bonchev–Trinajstić information content (AvgIpc) is 2.60. The van der Waals surface area contributed by atoms with Crippen LogP contribution in [0.2, 0.25) is 0 Å². The Balaban J connectivity index is 2.55. The lowest BCUT2D eigenvalue weighted by molar-refractivity contribution is 0.0595. The Kier molecular flexibility index (Phi) is 5.99. The number of nitrogens with zero attached hydrogens (tertiary/aromatic N) is 1. The lowest BCUT2D eigenvalue weighted by Crippen LogP contribution is -2.17. The number of ether oxygens (including phenoxy) is 2. The van der Waals surface area contributed by atoms with Gasteiger partial charge in [-0.05, 0) is 23.6 Å². The molecule has 0 bridgehead atoms. The lowest BCUT2D eigenvalue weighted by Gasteiger charge is -2.14. The second-order valence-corrected chi connectivity index (χ2v) is 7.49. The first-order valence-corrected chi connectivity index (χ1v) is 9.23. The van der Waals surface area contributed by atoms with Crippen LogP contribution in [-0.4, -0.2) is 33.6 Å². The van der Waals surface area contributed by atoms with Crippen LogP contribution >= 0.6 is 0 Å². The fraction of sp³-hybridized carbons (Fsp3) is 0.294. The molecule has 0 aliphatic rings. The molecule has 0 aliphatic carbocycles. The molecule has 0 amide bonds. The highest BCUT2D eigenvalue weighted by atomic mass is 32.2. The third-order valence-corrected chi connectivity index (χ3v) is 5.07. The van der Waals surface area contributed by atoms with Crippen molar-refractivity contribution in [1.82, 2.24) is 4.98 Å². The Morgan fingerprint density at radius 1 is 1.15 bits per heavy atom. The normalized spacial score (nSPS) is 11.4. The maximum Gasteiger partial charge on any atom is 0.340 e. The molecular formula is C17H18F2N2O5S. The van der Waals surface area contributed by atoms with Crippen LogP contribution in [-0.2, 0) is 14.8 Å². The van der Waals surface area contributed by atoms with Gasteiger partial charge in [-0.3, -0.25) is 4.72 Å². The minimum Gasteiger partial charge on any atom is -0.480 e. The molecule has 10 heteroatoms. The first-order chi connectivity index (χ1) is 12.6. The van der Waals surface area contributed by atoms with E-state index in [-0.39, 0.29) is 17.5 Å². The van der Waals surface area contributed by atoms with Crippen LogP contribution in [0.4, 0.5) is 14.5 Å². The zero-order valence-corrected chi connectivity index (χ0v) is 15.9. The Labute approximate surface area is 155 Å². The second-order valence-electron chi connectivity index (χ2n) is 5.84. The molecule has 2 rings (SSSR count). The monoisotopic (exact) mass is 400 g/mol. The highest BCUT2D eigenvalue weighted by molar-refractivity contribution is 7.92. The molecule has 27 heavy (non-hydrogen) atoms. The van der Waals surface area contributed by atoms with Crippen LogP contribution in [0.3, 0.4) is 0 Å². The van der Waals surface area contributed by atoms with Gasteiger partial charge in [-0.2, -0.15) is 0 Å². The zero-order valence-electron chi connectivity index (χ0n) is 15.0. The molecule has 1 N–H and O–H groups in total. The van der Waals surface area contributed by atoms with Gasteiger partial charge in [-0.15, -0.1) is 0 Å². The van der Waals surface area contributed by atoms with Gasteiger partial charge in [0.25, 0.3) is 10.0 Å². The smallest absolute Gasteiger partial charge is 0.340 e. The molecule has 0 fully saturated rings. The van der Waals surface area contributed by atoms with Crippen LogP contribution in [0.25, 0.3) is 0 Å². The third-order valence-electron chi connectivity index (χ3n) is 3.69. The first-order valence-electron chi connectivity index (χ1n) is 7.74. The van der Waals surface area contributed by atoms with Gasteiger partial charge in [0.05, 0.1) is 19.8 Å². The molecule has 0 saturated heterocycles. The summed E-state index contributed by atoms with van der Waals surface area (Å²) in [4.78, 5) is 14.7. The van der Waals surface area contributed by atoms with E-state index in [1.54, 1.807) is 0 Å². The molecule has 0 unspecified atom stereocenters. The summed E-state index contributed by atoms with van der Waals surface area (Å²) in [5.41, 5.74) is -0.0179. The molecular weight excluding hydrogens is 382 g/mol. The van der Waals surface area contributed by atoms with Crippen LogP contribution < -0.4 is 9.46 Å². The van der Waals surface area contributed by atoms with Crippen molar-refractivity contribution < 1.29 is 31.5 Å². The first kappa shape index (κ1) is 20.6. The number of nitrogens with one attached hydrogen (secondary N) is 1. The maximum absolute atomic E-state index is 14.1. The number of anilines is 1. The Morgan fingerprint density at radius 3 is 2.37 bits per heavy atom. The van der Waals surface area contributed by atoms with E-state index in [1.807, 2.05) is 13.8 Å². The van der Waals surface area contributed by atoms with Gasteiger partial charge in [0.2, 0.25) is 5.88 Å². The number of carbonyl (C=O) groups excluding carboxylic acids is 1. The average molecular weight is 400 g/mol. The van der Waals surface area contributed by atoms with Gasteiger partial charge in [0.15, 0.2) is 0 Å². The molecule has 7 nitrogen and oxygen atoms in total. The predicted molar refractivity (Wildman–Crippen MR) is 93.4 cm³/mol. The highest BCUT2D eigenvalue weighted by Gasteiger charge is 2.26. The minimum atomic E-state index is -4.52. The van der Waals surface area contributed by atoms with Crippen molar-refractivity contribution in [3.8, 4) is 5.88 Å². The van der Waals surface area contributed by atoms with Crippen molar-refractivity contribution >= 4 is 21.7 Å². The van der Waals surface area contributed by atoms with Gasteiger partial charge in [0.1, 0.15) is 22.2 Å². The summed E-state index contributed by atoms with van der Waals surface area (Å²) in [5.74, 6) is -3.72. The SMILES string of the molecule is COC(=O)c1cc(S(=O)(=O)Nc2cc(C(C)C)cnc2OC)c(F)cc1F. The van der Waals surface area contributed by atoms with Gasteiger partial charge >= 0.3 is 5.97 Å². The molecule has 0 aliphatic heterocycles. The van der Waals surface area contributed by atoms with Crippen LogP contribution in [0.1, 0.15) is 35.7 Å². The van der Waals surface area contributed by atoms with Crippen LogP contribution in [0.15, 0.2) is 29.3 Å². The van der Waals surface area contributed by atoms with E-state index in [9.17, 15) is 22.0 Å². The number of hydrogen-bond acceptors (Lipinski definition) is 6. The highest BCUT2D eigenvalue weighted by Crippen LogP contribution is 2.29. The summed E-state index contributed by atoms with van der Waals surface area (Å²) >= 11 is 0. The van der Waals surface area contributed by atoms with Crippen molar-refractivity contribution in [3.05, 3.63) is 47.2 Å². The molecule has 0 saturated carbocycles. The van der Waals surface area contributed by atoms with E-state index >= 15 is 0 Å². The standard InChI is InChI=1S/C17H18F2N2O5S/c1-9(2)10-5-14(16(25-3)20-8-10)21-27(23,24)15-6-11(17(22)26-4)12(18)7-13(15)19/h5-9,21H,1-4H3. The van der Waals surface area contributed by atoms with Crippen molar-refractivity contribution in [1.29, 1.82) is 0 Å². The third kappa shape index (κ3) is 4.33. The fourth-order valence-electron chi connectivity index (χ4n) is 2.22. The Morgan fingerprint density at radius 2 is 1.81 bits per heavy atom. The molecule has 1 aromatic heterocycles. The van der Waals surface area contributed by atoms with Crippen LogP contribution in [0, 0.1) is 11.6 Å². The van der Waals surface area contributed by atoms with E-state index < -0.39 is 38.1 Å². The topological polar surface area (TPSA) is 94.6 Å². The van der Waals surface area contributed by atoms with E-state index in [2.05, 4.69) is 14.4 Å². The molecule has 146 valence electrons. The summed E-state index contributed by atoms with van der Waals surface area (Å²) in [5, 5.41) is 0. The van der Waals surface area contributed by atoms with Crippen molar-refractivity contribution in [2.45, 2.75) is 24.7 Å². The molecule has 0 radical (unpaired) electrons. The quantitative estimate of drug-likeness (QED) is 0.749. The van der Waals surface area contributed by atoms with Gasteiger partial charge < -0.3 is 9.47 Å². The second kappa shape index (κ2) is 7.87. The molecule has 0 atom stereocenters. The van der Waals surface area contributed by atoms with Gasteiger partial charge in [0, 0.05) is 12.3 Å². The van der Waals surface area contributed by atoms with Crippen molar-refractivity contribution in [3.63, 3.8) is 0 Å². The molecule has 0 spiro atoms. The summed E-state index contributed by atoms with van der Waals surface area (Å²) in [7, 11) is -2.23. The number of benzene rings is 1. The number of pyridine rings is 1. The Bertz CT molecular complexity index is 978. The Hall–Kier alpha value is -2.75. The zero-order chi connectivity index (χ0) is 20.4. The number of methoxy groups -OCH3 is 2.